The number of benzene rings is 2. The zero-order valence-corrected chi connectivity index (χ0v) is 14.0. The lowest BCUT2D eigenvalue weighted by atomic mass is 10.1. The lowest BCUT2D eigenvalue weighted by Gasteiger charge is -2.09. The topological polar surface area (TPSA) is 55.4 Å². The fraction of sp³-hybridized carbons (Fsp3) is 0.111. The Hall–Kier alpha value is -2.80. The van der Waals surface area contributed by atoms with E-state index in [1.807, 2.05) is 0 Å². The Bertz CT molecular complexity index is 820. The molecular weight excluding hydrogens is 371 g/mol. The van der Waals surface area contributed by atoms with E-state index in [4.69, 9.17) is 16.3 Å². The van der Waals surface area contributed by atoms with E-state index in [9.17, 15) is 22.8 Å². The third kappa shape index (κ3) is 5.93. The Kier molecular flexibility index (Phi) is 6.41. The summed E-state index contributed by atoms with van der Waals surface area (Å²) in [7, 11) is 0. The Morgan fingerprint density at radius 2 is 1.81 bits per heavy atom. The van der Waals surface area contributed by atoms with Crippen molar-refractivity contribution in [2.24, 2.45) is 0 Å². The van der Waals surface area contributed by atoms with Gasteiger partial charge in [0.1, 0.15) is 0 Å². The molecule has 4 nitrogen and oxygen atoms in total. The molecule has 1 amide bonds. The van der Waals surface area contributed by atoms with Crippen molar-refractivity contribution in [2.75, 3.05) is 11.9 Å². The summed E-state index contributed by atoms with van der Waals surface area (Å²) in [4.78, 5) is 23.2. The van der Waals surface area contributed by atoms with E-state index >= 15 is 0 Å². The van der Waals surface area contributed by atoms with Crippen LogP contribution in [0, 0.1) is 0 Å². The molecular formula is C18H13ClF3NO3. The van der Waals surface area contributed by atoms with Crippen molar-refractivity contribution in [1.82, 2.24) is 0 Å². The average Bonchev–Trinajstić information content (AvgIpc) is 2.59. The first-order valence-electron chi connectivity index (χ1n) is 7.32. The van der Waals surface area contributed by atoms with Gasteiger partial charge < -0.3 is 10.1 Å². The third-order valence-corrected chi connectivity index (χ3v) is 3.44. The summed E-state index contributed by atoms with van der Waals surface area (Å²) in [6.07, 6.45) is -2.53. The minimum Gasteiger partial charge on any atom is -0.452 e. The molecule has 0 radical (unpaired) electrons. The monoisotopic (exact) mass is 383 g/mol. The molecule has 0 heterocycles. The van der Waals surface area contributed by atoms with Gasteiger partial charge in [0.15, 0.2) is 6.61 Å². The molecule has 0 bridgehead atoms. The summed E-state index contributed by atoms with van der Waals surface area (Å²) in [5.41, 5.74) is -0.339. The van der Waals surface area contributed by atoms with Gasteiger partial charge in [-0.3, -0.25) is 4.79 Å². The van der Waals surface area contributed by atoms with Crippen LogP contribution in [-0.2, 0) is 20.5 Å². The largest absolute Gasteiger partial charge is 0.452 e. The molecule has 0 saturated carbocycles. The summed E-state index contributed by atoms with van der Waals surface area (Å²) < 4.78 is 43.0. The molecule has 0 unspecified atom stereocenters. The van der Waals surface area contributed by atoms with Crippen LogP contribution in [-0.4, -0.2) is 18.5 Å². The van der Waals surface area contributed by atoms with Crippen molar-refractivity contribution in [1.29, 1.82) is 0 Å². The van der Waals surface area contributed by atoms with E-state index in [0.29, 0.717) is 5.69 Å². The molecule has 2 rings (SSSR count). The Labute approximate surface area is 152 Å². The van der Waals surface area contributed by atoms with Gasteiger partial charge in [-0.1, -0.05) is 35.9 Å². The molecule has 2 aromatic carbocycles. The molecule has 0 aliphatic heterocycles. The van der Waals surface area contributed by atoms with Crippen LogP contribution in [0.15, 0.2) is 54.6 Å². The van der Waals surface area contributed by atoms with Crippen molar-refractivity contribution in [3.05, 3.63) is 70.8 Å². The van der Waals surface area contributed by atoms with E-state index in [-0.39, 0.29) is 5.56 Å². The molecule has 0 fully saturated rings. The second-order valence-electron chi connectivity index (χ2n) is 5.09. The molecule has 1 N–H and O–H groups in total. The minimum atomic E-state index is -4.60. The Balaban J connectivity index is 1.90. The number of hydrogen-bond acceptors (Lipinski definition) is 3. The number of amides is 1. The zero-order valence-electron chi connectivity index (χ0n) is 13.2. The lowest BCUT2D eigenvalue weighted by molar-refractivity contribution is -0.142. The van der Waals surface area contributed by atoms with E-state index in [0.717, 1.165) is 24.3 Å². The number of ether oxygens (including phenoxy) is 1. The van der Waals surface area contributed by atoms with Gasteiger partial charge in [-0.25, -0.2) is 4.79 Å². The maximum absolute atomic E-state index is 12.8. The fourth-order valence-corrected chi connectivity index (χ4v) is 2.16. The predicted octanol–water partition coefficient (Wildman–Crippen LogP) is 4.55. The van der Waals surface area contributed by atoms with Gasteiger partial charge in [0, 0.05) is 11.8 Å². The van der Waals surface area contributed by atoms with Crippen LogP contribution in [0.1, 0.15) is 11.1 Å². The summed E-state index contributed by atoms with van der Waals surface area (Å²) in [6, 6.07) is 11.8. The number of alkyl halides is 3. The number of nitrogens with one attached hydrogen (secondary N) is 1. The molecule has 2 aromatic rings. The van der Waals surface area contributed by atoms with Gasteiger partial charge in [-0.15, -0.1) is 0 Å². The number of halogens is 4. The molecule has 0 aliphatic rings. The third-order valence-electron chi connectivity index (χ3n) is 3.11. The van der Waals surface area contributed by atoms with Crippen LogP contribution in [0.5, 0.6) is 0 Å². The summed E-state index contributed by atoms with van der Waals surface area (Å²) in [5, 5.41) is 2.09. The van der Waals surface area contributed by atoms with Gasteiger partial charge in [0.25, 0.3) is 5.91 Å². The first kappa shape index (κ1) is 19.5. The van der Waals surface area contributed by atoms with Gasteiger partial charge in [-0.05, 0) is 35.9 Å². The highest BCUT2D eigenvalue weighted by atomic mass is 35.5. The number of carbonyl (C=O) groups excluding carboxylic acids is 2. The van der Waals surface area contributed by atoms with Gasteiger partial charge >= 0.3 is 12.1 Å². The Morgan fingerprint density at radius 1 is 1.12 bits per heavy atom. The van der Waals surface area contributed by atoms with Crippen molar-refractivity contribution >= 4 is 35.2 Å². The molecule has 0 aromatic heterocycles. The molecule has 0 saturated heterocycles. The lowest BCUT2D eigenvalue weighted by Crippen LogP contribution is -2.20. The highest BCUT2D eigenvalue weighted by Crippen LogP contribution is 2.35. The van der Waals surface area contributed by atoms with Gasteiger partial charge in [-0.2, -0.15) is 13.2 Å². The van der Waals surface area contributed by atoms with Crippen molar-refractivity contribution < 1.29 is 27.5 Å². The molecule has 26 heavy (non-hydrogen) atoms. The number of anilines is 1. The molecule has 0 atom stereocenters. The maximum Gasteiger partial charge on any atom is 0.417 e. The van der Waals surface area contributed by atoms with Crippen molar-refractivity contribution in [2.45, 2.75) is 6.18 Å². The molecule has 0 spiro atoms. The zero-order chi connectivity index (χ0) is 19.2. The number of rotatable bonds is 5. The smallest absolute Gasteiger partial charge is 0.417 e. The SMILES string of the molecule is O=C(COC(=O)/C=C/c1ccc(Cl)c(C(F)(F)F)c1)Nc1ccccc1. The Morgan fingerprint density at radius 3 is 2.46 bits per heavy atom. The van der Waals surface area contributed by atoms with Gasteiger partial charge in [0.05, 0.1) is 10.6 Å². The summed E-state index contributed by atoms with van der Waals surface area (Å²) in [6.45, 7) is -0.521. The highest BCUT2D eigenvalue weighted by Gasteiger charge is 2.33. The van der Waals surface area contributed by atoms with Crippen LogP contribution in [0.2, 0.25) is 5.02 Å². The van der Waals surface area contributed by atoms with Crippen LogP contribution in [0.4, 0.5) is 18.9 Å². The normalized spacial score (nSPS) is 11.4. The average molecular weight is 384 g/mol. The van der Waals surface area contributed by atoms with Crippen molar-refractivity contribution in [3.63, 3.8) is 0 Å². The van der Waals surface area contributed by atoms with Gasteiger partial charge in [0.2, 0.25) is 0 Å². The first-order chi connectivity index (χ1) is 12.3. The quantitative estimate of drug-likeness (QED) is 0.608. The summed E-state index contributed by atoms with van der Waals surface area (Å²) in [5.74, 6) is -1.40. The van der Waals surface area contributed by atoms with E-state index < -0.39 is 35.2 Å². The second kappa shape index (κ2) is 8.53. The number of hydrogen-bond donors (Lipinski definition) is 1. The number of esters is 1. The van der Waals surface area contributed by atoms with E-state index in [1.165, 1.54) is 6.07 Å². The number of carbonyl (C=O) groups is 2. The standard InChI is InChI=1S/C18H13ClF3NO3/c19-15-8-6-12(10-14(15)18(20,21)22)7-9-17(25)26-11-16(24)23-13-4-2-1-3-5-13/h1-10H,11H2,(H,23,24)/b9-7+. The maximum atomic E-state index is 12.8. The molecule has 136 valence electrons. The van der Waals surface area contributed by atoms with Crippen LogP contribution in [0.25, 0.3) is 6.08 Å². The van der Waals surface area contributed by atoms with Crippen LogP contribution >= 0.6 is 11.6 Å². The van der Waals surface area contributed by atoms with E-state index in [1.54, 1.807) is 30.3 Å². The van der Waals surface area contributed by atoms with Crippen LogP contribution < -0.4 is 5.32 Å². The number of para-hydroxylation sites is 1. The minimum absolute atomic E-state index is 0.118. The second-order valence-corrected chi connectivity index (χ2v) is 5.50. The van der Waals surface area contributed by atoms with E-state index in [2.05, 4.69) is 5.32 Å². The fourth-order valence-electron chi connectivity index (χ4n) is 1.93. The molecule has 0 aliphatic carbocycles. The van der Waals surface area contributed by atoms with Crippen LogP contribution in [0.3, 0.4) is 0 Å². The van der Waals surface area contributed by atoms with Crippen molar-refractivity contribution in [3.8, 4) is 0 Å². The molecule has 8 heteroatoms. The summed E-state index contributed by atoms with van der Waals surface area (Å²) >= 11 is 5.51. The highest BCUT2D eigenvalue weighted by molar-refractivity contribution is 6.31. The predicted molar refractivity (Wildman–Crippen MR) is 91.5 cm³/mol. The first-order valence-corrected chi connectivity index (χ1v) is 7.70.